The number of nitrogens with zero attached hydrogens (tertiary/aromatic N) is 1. The molecule has 1 heterocycles. The first-order chi connectivity index (χ1) is 10.5. The minimum absolute atomic E-state index is 0.0296. The van der Waals surface area contributed by atoms with E-state index in [1.165, 1.54) is 12.1 Å². The number of hydrogen-bond donors (Lipinski definition) is 2. The van der Waals surface area contributed by atoms with E-state index in [-0.39, 0.29) is 30.5 Å². The lowest BCUT2D eigenvalue weighted by Crippen LogP contribution is -2.46. The Morgan fingerprint density at radius 3 is 2.77 bits per heavy atom. The fraction of sp³-hybridized carbons (Fsp3) is 0.500. The molecule has 0 radical (unpaired) electrons. The van der Waals surface area contributed by atoms with Gasteiger partial charge >= 0.3 is 5.97 Å². The van der Waals surface area contributed by atoms with Crippen molar-refractivity contribution in [2.45, 2.75) is 31.8 Å². The highest BCUT2D eigenvalue weighted by molar-refractivity contribution is 5.80. The molecule has 0 unspecified atom stereocenters. The van der Waals surface area contributed by atoms with Gasteiger partial charge in [0.25, 0.3) is 0 Å². The Morgan fingerprint density at radius 2 is 2.09 bits per heavy atom. The van der Waals surface area contributed by atoms with Crippen LogP contribution in [0.15, 0.2) is 24.3 Å². The molecule has 1 aliphatic rings. The number of benzene rings is 1. The van der Waals surface area contributed by atoms with Gasteiger partial charge in [0.2, 0.25) is 5.91 Å². The summed E-state index contributed by atoms with van der Waals surface area (Å²) >= 11 is 0. The summed E-state index contributed by atoms with van der Waals surface area (Å²) in [6.07, 6.45) is 0.192. The van der Waals surface area contributed by atoms with Crippen molar-refractivity contribution in [3.8, 4) is 0 Å². The Balaban J connectivity index is 1.96. The van der Waals surface area contributed by atoms with Crippen LogP contribution in [-0.2, 0) is 16.0 Å². The van der Waals surface area contributed by atoms with Gasteiger partial charge in [0, 0.05) is 25.4 Å². The Kier molecular flexibility index (Phi) is 5.49. The number of rotatable bonds is 5. The second kappa shape index (κ2) is 7.35. The molecule has 1 aromatic rings. The van der Waals surface area contributed by atoms with Crippen LogP contribution >= 0.6 is 0 Å². The third-order valence-electron chi connectivity index (χ3n) is 3.99. The van der Waals surface area contributed by atoms with Gasteiger partial charge in [0.05, 0.1) is 12.5 Å². The number of likely N-dealkylation sites (tertiary alicyclic amines) is 1. The molecule has 1 saturated heterocycles. The molecular weight excluding hydrogens is 289 g/mol. The molecule has 1 fully saturated rings. The molecule has 22 heavy (non-hydrogen) atoms. The molecule has 2 N–H and O–H groups in total. The topological polar surface area (TPSA) is 77.8 Å². The highest BCUT2D eigenvalue weighted by atomic mass is 19.1. The number of aliphatic hydroxyl groups excluding tert-OH is 1. The Morgan fingerprint density at radius 1 is 1.32 bits per heavy atom. The molecule has 1 amide bonds. The van der Waals surface area contributed by atoms with Gasteiger partial charge in [0.15, 0.2) is 0 Å². The largest absolute Gasteiger partial charge is 0.481 e. The summed E-state index contributed by atoms with van der Waals surface area (Å²) in [6.45, 7) is 0.801. The van der Waals surface area contributed by atoms with Crippen molar-refractivity contribution in [2.24, 2.45) is 5.92 Å². The summed E-state index contributed by atoms with van der Waals surface area (Å²) in [4.78, 5) is 24.1. The Labute approximate surface area is 128 Å². The fourth-order valence-corrected chi connectivity index (χ4v) is 2.79. The van der Waals surface area contributed by atoms with Gasteiger partial charge in [-0.25, -0.2) is 4.39 Å². The van der Waals surface area contributed by atoms with Crippen molar-refractivity contribution in [3.63, 3.8) is 0 Å². The lowest BCUT2D eigenvalue weighted by atomic mass is 9.88. The van der Waals surface area contributed by atoms with Crippen LogP contribution in [-0.4, -0.2) is 46.2 Å². The van der Waals surface area contributed by atoms with Crippen LogP contribution in [0.2, 0.25) is 0 Å². The average molecular weight is 309 g/mol. The maximum absolute atomic E-state index is 13.2. The van der Waals surface area contributed by atoms with E-state index < -0.39 is 12.1 Å². The number of aliphatic carboxylic acids is 1. The second-order valence-electron chi connectivity index (χ2n) is 5.68. The summed E-state index contributed by atoms with van der Waals surface area (Å²) in [5, 5.41) is 18.7. The first-order valence-electron chi connectivity index (χ1n) is 7.38. The molecular formula is C16H20FNO4. The van der Waals surface area contributed by atoms with E-state index in [0.29, 0.717) is 25.9 Å². The molecule has 5 nitrogen and oxygen atoms in total. The zero-order valence-corrected chi connectivity index (χ0v) is 12.2. The Hall–Kier alpha value is -1.95. The van der Waals surface area contributed by atoms with E-state index in [9.17, 15) is 19.1 Å². The quantitative estimate of drug-likeness (QED) is 0.863. The lowest BCUT2D eigenvalue weighted by Gasteiger charge is -2.36. The van der Waals surface area contributed by atoms with Crippen LogP contribution in [0.5, 0.6) is 0 Å². The fourth-order valence-electron chi connectivity index (χ4n) is 2.79. The highest BCUT2D eigenvalue weighted by Crippen LogP contribution is 2.22. The zero-order valence-electron chi connectivity index (χ0n) is 12.2. The molecule has 120 valence electrons. The number of amides is 1. The number of halogens is 1. The molecule has 2 rings (SSSR count). The standard InChI is InChI=1S/C16H20FNO4/c17-13-3-1-2-11(9-13)8-12-10-18(7-6-14(12)19)15(20)4-5-16(21)22/h1-3,9,12,14,19H,4-8,10H2,(H,21,22)/t12-,14-/m1/s1. The smallest absolute Gasteiger partial charge is 0.303 e. The second-order valence-corrected chi connectivity index (χ2v) is 5.68. The van der Waals surface area contributed by atoms with Gasteiger partial charge in [-0.2, -0.15) is 0 Å². The van der Waals surface area contributed by atoms with Crippen molar-refractivity contribution < 1.29 is 24.2 Å². The lowest BCUT2D eigenvalue weighted by molar-refractivity contribution is -0.142. The minimum Gasteiger partial charge on any atom is -0.481 e. The average Bonchev–Trinajstić information content (AvgIpc) is 2.47. The molecule has 0 spiro atoms. The van der Waals surface area contributed by atoms with E-state index in [1.54, 1.807) is 17.0 Å². The molecule has 0 bridgehead atoms. The zero-order chi connectivity index (χ0) is 16.1. The number of carboxylic acids is 1. The summed E-state index contributed by atoms with van der Waals surface area (Å²) in [6, 6.07) is 6.21. The van der Waals surface area contributed by atoms with Crippen LogP contribution in [0, 0.1) is 11.7 Å². The van der Waals surface area contributed by atoms with Crippen molar-refractivity contribution in [1.29, 1.82) is 0 Å². The summed E-state index contributed by atoms with van der Waals surface area (Å²) < 4.78 is 13.2. The number of hydrogen-bond acceptors (Lipinski definition) is 3. The number of carbonyl (C=O) groups is 2. The third-order valence-corrected chi connectivity index (χ3v) is 3.99. The van der Waals surface area contributed by atoms with Crippen molar-refractivity contribution in [3.05, 3.63) is 35.6 Å². The molecule has 1 aromatic carbocycles. The maximum atomic E-state index is 13.2. The van der Waals surface area contributed by atoms with Crippen LogP contribution < -0.4 is 0 Å². The van der Waals surface area contributed by atoms with Gasteiger partial charge in [-0.05, 0) is 30.5 Å². The molecule has 2 atom stereocenters. The molecule has 1 aliphatic heterocycles. The predicted molar refractivity (Wildman–Crippen MR) is 77.7 cm³/mol. The first-order valence-corrected chi connectivity index (χ1v) is 7.38. The van der Waals surface area contributed by atoms with Gasteiger partial charge in [-0.3, -0.25) is 9.59 Å². The predicted octanol–water partition coefficient (Wildman–Crippen LogP) is 1.44. The van der Waals surface area contributed by atoms with E-state index in [2.05, 4.69) is 0 Å². The van der Waals surface area contributed by atoms with Gasteiger partial charge in [0.1, 0.15) is 5.82 Å². The Bertz CT molecular complexity index is 549. The van der Waals surface area contributed by atoms with Gasteiger partial charge < -0.3 is 15.1 Å². The molecule has 0 saturated carbocycles. The summed E-state index contributed by atoms with van der Waals surface area (Å²) in [5.41, 5.74) is 0.781. The van der Waals surface area contributed by atoms with Crippen molar-refractivity contribution >= 4 is 11.9 Å². The van der Waals surface area contributed by atoms with Gasteiger partial charge in [-0.15, -0.1) is 0 Å². The normalized spacial score (nSPS) is 21.6. The maximum Gasteiger partial charge on any atom is 0.303 e. The van der Waals surface area contributed by atoms with E-state index in [1.807, 2.05) is 0 Å². The number of aliphatic hydroxyl groups is 1. The number of carboxylic acid groups (broad SMARTS) is 1. The monoisotopic (exact) mass is 309 g/mol. The van der Waals surface area contributed by atoms with E-state index in [0.717, 1.165) is 5.56 Å². The van der Waals surface area contributed by atoms with Gasteiger partial charge in [-0.1, -0.05) is 12.1 Å². The molecule has 0 aliphatic carbocycles. The summed E-state index contributed by atoms with van der Waals surface area (Å²) in [5.74, 6) is -1.69. The van der Waals surface area contributed by atoms with Crippen molar-refractivity contribution in [1.82, 2.24) is 4.90 Å². The summed E-state index contributed by atoms with van der Waals surface area (Å²) in [7, 11) is 0. The minimum atomic E-state index is -0.998. The van der Waals surface area contributed by atoms with E-state index >= 15 is 0 Å². The SMILES string of the molecule is O=C(O)CCC(=O)N1CC[C@@H](O)[C@H](Cc2cccc(F)c2)C1. The first kappa shape index (κ1) is 16.4. The number of piperidine rings is 1. The van der Waals surface area contributed by atoms with Crippen LogP contribution in [0.3, 0.4) is 0 Å². The van der Waals surface area contributed by atoms with Crippen LogP contribution in [0.1, 0.15) is 24.8 Å². The van der Waals surface area contributed by atoms with Crippen molar-refractivity contribution in [2.75, 3.05) is 13.1 Å². The van der Waals surface area contributed by atoms with Crippen LogP contribution in [0.4, 0.5) is 4.39 Å². The van der Waals surface area contributed by atoms with E-state index in [4.69, 9.17) is 5.11 Å². The number of carbonyl (C=O) groups excluding carboxylic acids is 1. The molecule has 0 aromatic heterocycles. The highest BCUT2D eigenvalue weighted by Gasteiger charge is 2.30. The molecule has 6 heteroatoms. The van der Waals surface area contributed by atoms with Crippen LogP contribution in [0.25, 0.3) is 0 Å². The third kappa shape index (κ3) is 4.53.